The van der Waals surface area contributed by atoms with Crippen LogP contribution in [0.5, 0.6) is 11.5 Å². The third-order valence-corrected chi connectivity index (χ3v) is 6.89. The van der Waals surface area contributed by atoms with Gasteiger partial charge in [-0.1, -0.05) is 6.92 Å². The molecule has 1 saturated heterocycles. The molecule has 5 rings (SSSR count). The van der Waals surface area contributed by atoms with Crippen molar-refractivity contribution in [3.63, 3.8) is 0 Å². The smallest absolute Gasteiger partial charge is 0.257 e. The van der Waals surface area contributed by atoms with E-state index in [9.17, 15) is 9.59 Å². The Morgan fingerprint density at radius 1 is 1.24 bits per heavy atom. The third-order valence-electron chi connectivity index (χ3n) is 5.84. The number of carbonyl (C=O) groups is 2. The first kappa shape index (κ1) is 18.4. The number of thiazole rings is 1. The molecule has 3 aliphatic rings. The number of aromatic nitrogens is 1. The van der Waals surface area contributed by atoms with Crippen LogP contribution in [0.4, 0.5) is 5.13 Å². The van der Waals surface area contributed by atoms with Gasteiger partial charge in [-0.15, -0.1) is 11.3 Å². The lowest BCUT2D eigenvalue weighted by Crippen LogP contribution is -2.41. The Kier molecular flexibility index (Phi) is 4.66. The molecular weight excluding hydrogens is 390 g/mol. The Hall–Kier alpha value is -2.61. The average Bonchev–Trinajstić information content (AvgIpc) is 3.42. The maximum Gasteiger partial charge on any atom is 0.257 e. The van der Waals surface area contributed by atoms with Crippen molar-refractivity contribution in [1.29, 1.82) is 0 Å². The number of likely N-dealkylation sites (tertiary alicyclic amines) is 1. The monoisotopic (exact) mass is 413 g/mol. The Balaban J connectivity index is 1.30. The molecule has 1 aliphatic carbocycles. The standard InChI is InChI=1S/C21H23N3O4S/c1-12-3-2-8-24(10-12)20(26)14-5-7-17-18(14)22-21(29-17)23-19(25)13-4-6-15-16(9-13)28-11-27-15/h4,6,9,12,14H,2-3,5,7-8,10-11H2,1H3,(H,22,23,25)/t12-,14-/m1/s1. The minimum atomic E-state index is -0.247. The predicted molar refractivity (Wildman–Crippen MR) is 109 cm³/mol. The number of amides is 2. The van der Waals surface area contributed by atoms with Gasteiger partial charge in [-0.3, -0.25) is 14.9 Å². The number of carbonyl (C=O) groups excluding carboxylic acids is 2. The van der Waals surface area contributed by atoms with Gasteiger partial charge in [0.25, 0.3) is 5.91 Å². The summed E-state index contributed by atoms with van der Waals surface area (Å²) in [7, 11) is 0. The van der Waals surface area contributed by atoms with Crippen LogP contribution in [0.15, 0.2) is 18.2 Å². The minimum absolute atomic E-state index is 0.171. The van der Waals surface area contributed by atoms with Crippen molar-refractivity contribution in [2.75, 3.05) is 25.2 Å². The molecule has 0 radical (unpaired) electrons. The zero-order valence-electron chi connectivity index (χ0n) is 16.3. The Morgan fingerprint density at radius 2 is 2.10 bits per heavy atom. The molecule has 0 bridgehead atoms. The third kappa shape index (κ3) is 3.46. The SMILES string of the molecule is C[C@@H]1CCCN(C(=O)[C@@H]2CCc3sc(NC(=O)c4ccc5c(c4)OCO5)nc32)C1. The van der Waals surface area contributed by atoms with Crippen LogP contribution in [-0.2, 0) is 11.2 Å². The summed E-state index contributed by atoms with van der Waals surface area (Å²) in [6.07, 6.45) is 3.91. The molecule has 152 valence electrons. The molecular formula is C21H23N3O4S. The first-order valence-electron chi connectivity index (χ1n) is 10.1. The number of hydrogen-bond donors (Lipinski definition) is 1. The largest absolute Gasteiger partial charge is 0.454 e. The van der Waals surface area contributed by atoms with E-state index in [1.807, 2.05) is 4.90 Å². The number of rotatable bonds is 3. The summed E-state index contributed by atoms with van der Waals surface area (Å²) in [5.74, 6) is 1.53. The van der Waals surface area contributed by atoms with E-state index in [2.05, 4.69) is 17.2 Å². The summed E-state index contributed by atoms with van der Waals surface area (Å²) in [6.45, 7) is 4.05. The van der Waals surface area contributed by atoms with Crippen LogP contribution in [0.2, 0.25) is 0 Å². The molecule has 7 nitrogen and oxygen atoms in total. The van der Waals surface area contributed by atoms with Crippen molar-refractivity contribution < 1.29 is 19.1 Å². The first-order valence-corrected chi connectivity index (χ1v) is 10.9. The quantitative estimate of drug-likeness (QED) is 0.834. The zero-order chi connectivity index (χ0) is 20.0. The van der Waals surface area contributed by atoms with E-state index in [4.69, 9.17) is 9.47 Å². The average molecular weight is 413 g/mol. The van der Waals surface area contributed by atoms with Gasteiger partial charge in [0, 0.05) is 23.5 Å². The van der Waals surface area contributed by atoms with Crippen LogP contribution in [0, 0.1) is 5.92 Å². The van der Waals surface area contributed by atoms with Crippen molar-refractivity contribution in [1.82, 2.24) is 9.88 Å². The highest BCUT2D eigenvalue weighted by Gasteiger charge is 2.36. The molecule has 1 N–H and O–H groups in total. The van der Waals surface area contributed by atoms with E-state index in [1.54, 1.807) is 18.2 Å². The lowest BCUT2D eigenvalue weighted by Gasteiger charge is -2.32. The normalized spacial score (nSPS) is 22.4. The Labute approximate surface area is 173 Å². The number of nitrogens with zero attached hydrogens (tertiary/aromatic N) is 2. The van der Waals surface area contributed by atoms with E-state index in [0.29, 0.717) is 28.1 Å². The molecule has 2 atom stereocenters. The molecule has 0 saturated carbocycles. The second-order valence-electron chi connectivity index (χ2n) is 7.97. The van der Waals surface area contributed by atoms with Gasteiger partial charge in [-0.2, -0.15) is 0 Å². The van der Waals surface area contributed by atoms with Gasteiger partial charge < -0.3 is 14.4 Å². The maximum absolute atomic E-state index is 13.0. The van der Waals surface area contributed by atoms with Crippen LogP contribution < -0.4 is 14.8 Å². The Bertz CT molecular complexity index is 973. The van der Waals surface area contributed by atoms with E-state index in [1.165, 1.54) is 17.8 Å². The van der Waals surface area contributed by atoms with E-state index in [-0.39, 0.29) is 24.5 Å². The van der Waals surface area contributed by atoms with E-state index >= 15 is 0 Å². The predicted octanol–water partition coefficient (Wildman–Crippen LogP) is 3.41. The van der Waals surface area contributed by atoms with Crippen LogP contribution in [-0.4, -0.2) is 41.6 Å². The molecule has 3 heterocycles. The lowest BCUT2D eigenvalue weighted by atomic mass is 9.97. The number of ether oxygens (including phenoxy) is 2. The van der Waals surface area contributed by atoms with Crippen molar-refractivity contribution >= 4 is 28.3 Å². The summed E-state index contributed by atoms with van der Waals surface area (Å²) in [5.41, 5.74) is 1.33. The van der Waals surface area contributed by atoms with Crippen LogP contribution >= 0.6 is 11.3 Å². The number of hydrogen-bond acceptors (Lipinski definition) is 6. The van der Waals surface area contributed by atoms with Crippen LogP contribution in [0.1, 0.15) is 53.0 Å². The first-order chi connectivity index (χ1) is 14.1. The van der Waals surface area contributed by atoms with Gasteiger partial charge in [0.1, 0.15) is 0 Å². The minimum Gasteiger partial charge on any atom is -0.454 e. The fourth-order valence-electron chi connectivity index (χ4n) is 4.34. The van der Waals surface area contributed by atoms with E-state index < -0.39 is 0 Å². The molecule has 1 aromatic carbocycles. The number of fused-ring (bicyclic) bond motifs is 2. The molecule has 2 aliphatic heterocycles. The molecule has 2 amide bonds. The maximum atomic E-state index is 13.0. The van der Waals surface area contributed by atoms with Crippen molar-refractivity contribution in [2.24, 2.45) is 5.92 Å². The van der Waals surface area contributed by atoms with Gasteiger partial charge in [-0.25, -0.2) is 4.98 Å². The highest BCUT2D eigenvalue weighted by Crippen LogP contribution is 2.40. The second kappa shape index (κ2) is 7.33. The van der Waals surface area contributed by atoms with Gasteiger partial charge in [-0.05, 0) is 49.8 Å². The topological polar surface area (TPSA) is 80.8 Å². The molecule has 1 fully saturated rings. The molecule has 29 heavy (non-hydrogen) atoms. The number of piperidine rings is 1. The number of anilines is 1. The van der Waals surface area contributed by atoms with Gasteiger partial charge >= 0.3 is 0 Å². The summed E-state index contributed by atoms with van der Waals surface area (Å²) in [5, 5.41) is 3.42. The molecule has 8 heteroatoms. The second-order valence-corrected chi connectivity index (χ2v) is 9.06. The highest BCUT2D eigenvalue weighted by molar-refractivity contribution is 7.16. The number of benzene rings is 1. The summed E-state index contributed by atoms with van der Waals surface area (Å²) in [4.78, 5) is 33.4. The molecule has 0 spiro atoms. The van der Waals surface area contributed by atoms with Crippen molar-refractivity contribution in [3.8, 4) is 11.5 Å². The summed E-state index contributed by atoms with van der Waals surface area (Å²) >= 11 is 1.47. The highest BCUT2D eigenvalue weighted by atomic mass is 32.1. The van der Waals surface area contributed by atoms with Crippen molar-refractivity contribution in [2.45, 2.75) is 38.5 Å². The zero-order valence-corrected chi connectivity index (χ0v) is 17.1. The summed E-state index contributed by atoms with van der Waals surface area (Å²) in [6, 6.07) is 5.10. The molecule has 0 unspecified atom stereocenters. The van der Waals surface area contributed by atoms with Gasteiger partial charge in [0.2, 0.25) is 12.7 Å². The van der Waals surface area contributed by atoms with Gasteiger partial charge in [0.15, 0.2) is 16.6 Å². The fraction of sp³-hybridized carbons (Fsp3) is 0.476. The molecule has 2 aromatic rings. The summed E-state index contributed by atoms with van der Waals surface area (Å²) < 4.78 is 10.6. The fourth-order valence-corrected chi connectivity index (χ4v) is 5.37. The van der Waals surface area contributed by atoms with Crippen LogP contribution in [0.3, 0.4) is 0 Å². The van der Waals surface area contributed by atoms with Gasteiger partial charge in [0.05, 0.1) is 11.6 Å². The lowest BCUT2D eigenvalue weighted by molar-refractivity contribution is -0.134. The van der Waals surface area contributed by atoms with Crippen LogP contribution in [0.25, 0.3) is 0 Å². The number of nitrogens with one attached hydrogen (secondary N) is 1. The van der Waals surface area contributed by atoms with Crippen molar-refractivity contribution in [3.05, 3.63) is 34.3 Å². The molecule has 1 aromatic heterocycles. The van der Waals surface area contributed by atoms with E-state index in [0.717, 1.165) is 42.9 Å². The number of aryl methyl sites for hydroxylation is 1. The Morgan fingerprint density at radius 3 is 2.97 bits per heavy atom.